The van der Waals surface area contributed by atoms with Crippen LogP contribution in [0.3, 0.4) is 0 Å². The van der Waals surface area contributed by atoms with Crippen LogP contribution < -0.4 is 0 Å². The van der Waals surface area contributed by atoms with Gasteiger partial charge in [0, 0.05) is 42.9 Å². The van der Waals surface area contributed by atoms with E-state index in [-0.39, 0.29) is 11.7 Å². The van der Waals surface area contributed by atoms with E-state index in [9.17, 15) is 18.0 Å². The summed E-state index contributed by atoms with van der Waals surface area (Å²) in [6.45, 7) is 4.27. The minimum atomic E-state index is -4.38. The molecule has 0 radical (unpaired) electrons. The van der Waals surface area contributed by atoms with E-state index in [4.69, 9.17) is 0 Å². The predicted octanol–water partition coefficient (Wildman–Crippen LogP) is 3.84. The maximum Gasteiger partial charge on any atom is 0.416 e. The Kier molecular flexibility index (Phi) is 5.18. The van der Waals surface area contributed by atoms with Crippen molar-refractivity contribution in [1.29, 1.82) is 0 Å². The molecule has 0 spiro atoms. The second kappa shape index (κ2) is 7.23. The highest BCUT2D eigenvalue weighted by Crippen LogP contribution is 2.30. The molecule has 4 nitrogen and oxygen atoms in total. The first-order chi connectivity index (χ1) is 12.3. The minimum absolute atomic E-state index is 0.0775. The van der Waals surface area contributed by atoms with Gasteiger partial charge < -0.3 is 0 Å². The fraction of sp³-hybridized carbons (Fsp3) is 0.474. The minimum Gasteiger partial charge on any atom is -0.298 e. The third-order valence-electron chi connectivity index (χ3n) is 5.10. The average Bonchev–Trinajstić information content (AvgIpc) is 2.93. The normalized spacial score (nSPS) is 18.9. The highest BCUT2D eigenvalue weighted by Gasteiger charge is 2.31. The molecule has 1 aromatic heterocycles. The van der Waals surface area contributed by atoms with E-state index in [0.717, 1.165) is 49.3 Å². The quantitative estimate of drug-likeness (QED) is 0.773. The zero-order valence-corrected chi connectivity index (χ0v) is 14.9. The summed E-state index contributed by atoms with van der Waals surface area (Å²) >= 11 is 0. The van der Waals surface area contributed by atoms with E-state index in [1.807, 2.05) is 24.9 Å². The number of rotatable bonds is 4. The maximum atomic E-state index is 12.7. The van der Waals surface area contributed by atoms with Gasteiger partial charge in [-0.3, -0.25) is 14.4 Å². The van der Waals surface area contributed by atoms with Gasteiger partial charge in [0.05, 0.1) is 11.8 Å². The molecule has 1 aromatic carbocycles. The molecule has 3 rings (SSSR count). The highest BCUT2D eigenvalue weighted by atomic mass is 19.4. The third-order valence-corrected chi connectivity index (χ3v) is 5.10. The number of ketones is 1. The summed E-state index contributed by atoms with van der Waals surface area (Å²) in [6.07, 6.45) is -0.875. The van der Waals surface area contributed by atoms with Gasteiger partial charge in [0.25, 0.3) is 0 Å². The number of aromatic nitrogens is 2. The molecule has 0 bridgehead atoms. The Hall–Kier alpha value is -2.15. The zero-order valence-electron chi connectivity index (χ0n) is 14.9. The van der Waals surface area contributed by atoms with Gasteiger partial charge in [-0.15, -0.1) is 0 Å². The van der Waals surface area contributed by atoms with E-state index in [2.05, 4.69) is 10.00 Å². The van der Waals surface area contributed by atoms with Crippen LogP contribution in [-0.2, 0) is 19.8 Å². The number of hydrogen-bond donors (Lipinski definition) is 0. The number of carbonyl (C=O) groups is 1. The van der Waals surface area contributed by atoms with Crippen molar-refractivity contribution in [2.75, 3.05) is 13.1 Å². The highest BCUT2D eigenvalue weighted by molar-refractivity contribution is 5.98. The standard InChI is InChI=1S/C19H22F3N3O/c1-13-16(10-23-24(13)2)12-25-9-3-4-15(11-25)18(26)14-5-7-17(8-6-14)19(20,21)22/h5-8,10,15H,3-4,9,11-12H2,1-2H3/t15-/m1/s1. The molecule has 1 fully saturated rings. The van der Waals surface area contributed by atoms with Crippen LogP contribution in [0.15, 0.2) is 30.5 Å². The van der Waals surface area contributed by atoms with Crippen LogP contribution in [0.5, 0.6) is 0 Å². The Labute approximate surface area is 150 Å². The number of halogens is 3. The van der Waals surface area contributed by atoms with Crippen LogP contribution in [-0.4, -0.2) is 33.6 Å². The van der Waals surface area contributed by atoms with Crippen LogP contribution in [0.25, 0.3) is 0 Å². The monoisotopic (exact) mass is 365 g/mol. The van der Waals surface area contributed by atoms with E-state index < -0.39 is 11.7 Å². The molecular weight excluding hydrogens is 343 g/mol. The largest absolute Gasteiger partial charge is 0.416 e. The van der Waals surface area contributed by atoms with Crippen LogP contribution in [0.2, 0.25) is 0 Å². The summed E-state index contributed by atoms with van der Waals surface area (Å²) in [4.78, 5) is 14.9. The van der Waals surface area contributed by atoms with Crippen molar-refractivity contribution in [2.24, 2.45) is 13.0 Å². The Morgan fingerprint density at radius 1 is 1.27 bits per heavy atom. The molecule has 140 valence electrons. The lowest BCUT2D eigenvalue weighted by Gasteiger charge is -2.32. The second-order valence-corrected chi connectivity index (χ2v) is 6.89. The van der Waals surface area contributed by atoms with Gasteiger partial charge >= 0.3 is 6.18 Å². The molecule has 0 unspecified atom stereocenters. The number of carbonyl (C=O) groups excluding carboxylic acids is 1. The van der Waals surface area contributed by atoms with Crippen molar-refractivity contribution in [3.05, 3.63) is 52.8 Å². The molecule has 1 aliphatic rings. The Morgan fingerprint density at radius 3 is 2.54 bits per heavy atom. The van der Waals surface area contributed by atoms with Crippen molar-refractivity contribution in [3.8, 4) is 0 Å². The second-order valence-electron chi connectivity index (χ2n) is 6.89. The zero-order chi connectivity index (χ0) is 18.9. The van der Waals surface area contributed by atoms with E-state index in [0.29, 0.717) is 12.1 Å². The van der Waals surface area contributed by atoms with Crippen molar-refractivity contribution in [1.82, 2.24) is 14.7 Å². The summed E-state index contributed by atoms with van der Waals surface area (Å²) in [6, 6.07) is 4.53. The molecule has 0 amide bonds. The van der Waals surface area contributed by atoms with Crippen LogP contribution in [0.1, 0.15) is 40.0 Å². The smallest absolute Gasteiger partial charge is 0.298 e. The lowest BCUT2D eigenvalue weighted by molar-refractivity contribution is -0.137. The van der Waals surface area contributed by atoms with Crippen molar-refractivity contribution < 1.29 is 18.0 Å². The summed E-state index contributed by atoms with van der Waals surface area (Å²) in [5.41, 5.74) is 1.85. The molecule has 0 aliphatic carbocycles. The van der Waals surface area contributed by atoms with E-state index in [1.54, 1.807) is 0 Å². The summed E-state index contributed by atoms with van der Waals surface area (Å²) in [7, 11) is 1.89. The predicted molar refractivity (Wildman–Crippen MR) is 91.7 cm³/mol. The molecular formula is C19H22F3N3O. The molecule has 7 heteroatoms. The summed E-state index contributed by atoms with van der Waals surface area (Å²) in [5, 5.41) is 4.24. The Morgan fingerprint density at radius 2 is 1.96 bits per heavy atom. The molecule has 0 saturated carbocycles. The van der Waals surface area contributed by atoms with Gasteiger partial charge in [0.2, 0.25) is 0 Å². The van der Waals surface area contributed by atoms with Gasteiger partial charge in [-0.25, -0.2) is 0 Å². The molecule has 2 aromatic rings. The number of benzene rings is 1. The number of alkyl halides is 3. The molecule has 1 saturated heterocycles. The van der Waals surface area contributed by atoms with Crippen LogP contribution >= 0.6 is 0 Å². The van der Waals surface area contributed by atoms with Gasteiger partial charge in [0.1, 0.15) is 0 Å². The first kappa shape index (κ1) is 18.6. The number of aryl methyl sites for hydroxylation is 1. The Bertz CT molecular complexity index is 780. The van der Waals surface area contributed by atoms with Gasteiger partial charge in [-0.2, -0.15) is 18.3 Å². The SMILES string of the molecule is Cc1c(CN2CCC[C@@H](C(=O)c3ccc(C(F)(F)F)cc3)C2)cnn1C. The van der Waals surface area contributed by atoms with E-state index >= 15 is 0 Å². The fourth-order valence-electron chi connectivity index (χ4n) is 3.41. The number of Topliss-reactive ketones (excluding diaryl/α,β-unsaturated/α-hetero) is 1. The van der Waals surface area contributed by atoms with Crippen LogP contribution in [0.4, 0.5) is 13.2 Å². The fourth-order valence-corrected chi connectivity index (χ4v) is 3.41. The lowest BCUT2D eigenvalue weighted by atomic mass is 9.89. The number of piperidine rings is 1. The molecule has 2 heterocycles. The van der Waals surface area contributed by atoms with Gasteiger partial charge in [-0.05, 0) is 38.4 Å². The molecule has 0 N–H and O–H groups in total. The van der Waals surface area contributed by atoms with Gasteiger partial charge in [0.15, 0.2) is 5.78 Å². The molecule has 1 aliphatic heterocycles. The number of hydrogen-bond acceptors (Lipinski definition) is 3. The molecule has 1 atom stereocenters. The summed E-state index contributed by atoms with van der Waals surface area (Å²) in [5.74, 6) is -0.260. The van der Waals surface area contributed by atoms with Crippen LogP contribution in [0, 0.1) is 12.8 Å². The van der Waals surface area contributed by atoms with E-state index in [1.165, 1.54) is 12.1 Å². The lowest BCUT2D eigenvalue weighted by Crippen LogP contribution is -2.38. The first-order valence-corrected chi connectivity index (χ1v) is 8.67. The first-order valence-electron chi connectivity index (χ1n) is 8.67. The van der Waals surface area contributed by atoms with Crippen molar-refractivity contribution in [2.45, 2.75) is 32.5 Å². The number of nitrogens with zero attached hydrogens (tertiary/aromatic N) is 3. The van der Waals surface area contributed by atoms with Gasteiger partial charge in [-0.1, -0.05) is 12.1 Å². The number of likely N-dealkylation sites (tertiary alicyclic amines) is 1. The maximum absolute atomic E-state index is 12.7. The van der Waals surface area contributed by atoms with Crippen molar-refractivity contribution >= 4 is 5.78 Å². The average molecular weight is 365 g/mol. The Balaban J connectivity index is 1.67. The third kappa shape index (κ3) is 3.98. The topological polar surface area (TPSA) is 38.1 Å². The molecule has 26 heavy (non-hydrogen) atoms. The van der Waals surface area contributed by atoms with Crippen molar-refractivity contribution in [3.63, 3.8) is 0 Å². The summed E-state index contributed by atoms with van der Waals surface area (Å²) < 4.78 is 39.8.